The molecule has 0 radical (unpaired) electrons. The van der Waals surface area contributed by atoms with Crippen LogP contribution >= 0.6 is 11.3 Å². The van der Waals surface area contributed by atoms with Crippen molar-refractivity contribution in [3.63, 3.8) is 0 Å². The van der Waals surface area contributed by atoms with Crippen LogP contribution in [0.25, 0.3) is 0 Å². The van der Waals surface area contributed by atoms with Gasteiger partial charge in [-0.3, -0.25) is 4.79 Å². The molecule has 0 aromatic carbocycles. The fourth-order valence-electron chi connectivity index (χ4n) is 0.617. The number of hydrogen-bond donors (Lipinski definition) is 3. The Kier molecular flexibility index (Phi) is 2.80. The number of aromatic nitrogens is 1. The highest BCUT2D eigenvalue weighted by molar-refractivity contribution is 7.17. The van der Waals surface area contributed by atoms with Crippen molar-refractivity contribution in [1.82, 2.24) is 4.98 Å². The molecule has 13 heavy (non-hydrogen) atoms. The van der Waals surface area contributed by atoms with Crippen molar-refractivity contribution in [2.24, 2.45) is 5.73 Å². The molecule has 7 heteroatoms. The molecular weight excluding hydrogens is 194 g/mol. The standard InChI is InChI=1S/C6H7N3O3S/c7-4(10)2-9-6-8-1-3(13-6)5(11)12/h1H,2H2,(H2,7,10)(H,8,9)(H,11,12). The molecule has 0 bridgehead atoms. The molecule has 1 heterocycles. The van der Waals surface area contributed by atoms with Gasteiger partial charge in [0.25, 0.3) is 0 Å². The second kappa shape index (κ2) is 3.85. The van der Waals surface area contributed by atoms with Gasteiger partial charge in [0, 0.05) is 0 Å². The van der Waals surface area contributed by atoms with Crippen LogP contribution in [0.5, 0.6) is 0 Å². The van der Waals surface area contributed by atoms with E-state index in [0.717, 1.165) is 11.3 Å². The Labute approximate surface area is 77.4 Å². The number of aromatic carboxylic acids is 1. The third-order valence-electron chi connectivity index (χ3n) is 1.13. The number of rotatable bonds is 4. The summed E-state index contributed by atoms with van der Waals surface area (Å²) in [4.78, 5) is 24.6. The van der Waals surface area contributed by atoms with Crippen LogP contribution in [0.3, 0.4) is 0 Å². The first-order valence-corrected chi connectivity index (χ1v) is 4.12. The number of nitrogens with two attached hydrogens (primary N) is 1. The first kappa shape index (κ1) is 9.46. The van der Waals surface area contributed by atoms with Crippen LogP contribution in [0, 0.1) is 0 Å². The van der Waals surface area contributed by atoms with Gasteiger partial charge >= 0.3 is 5.97 Å². The summed E-state index contributed by atoms with van der Waals surface area (Å²) in [6.45, 7) is -0.0490. The summed E-state index contributed by atoms with van der Waals surface area (Å²) in [5, 5.41) is 11.5. The lowest BCUT2D eigenvalue weighted by Gasteiger charge is -1.95. The molecule has 0 atom stereocenters. The molecule has 70 valence electrons. The monoisotopic (exact) mass is 201 g/mol. The van der Waals surface area contributed by atoms with Crippen molar-refractivity contribution in [1.29, 1.82) is 0 Å². The summed E-state index contributed by atoms with van der Waals surface area (Å²) in [6.07, 6.45) is 1.22. The minimum Gasteiger partial charge on any atom is -0.477 e. The Morgan fingerprint density at radius 2 is 2.38 bits per heavy atom. The molecule has 1 aromatic heterocycles. The number of primary amides is 1. The van der Waals surface area contributed by atoms with Gasteiger partial charge in [0.1, 0.15) is 4.88 Å². The first-order valence-electron chi connectivity index (χ1n) is 3.31. The molecule has 0 aliphatic heterocycles. The zero-order chi connectivity index (χ0) is 9.84. The van der Waals surface area contributed by atoms with E-state index in [1.807, 2.05) is 0 Å². The fraction of sp³-hybridized carbons (Fsp3) is 0.167. The van der Waals surface area contributed by atoms with Crippen molar-refractivity contribution >= 4 is 28.3 Å². The maximum Gasteiger partial charge on any atom is 0.347 e. The van der Waals surface area contributed by atoms with Crippen molar-refractivity contribution in [2.75, 3.05) is 11.9 Å². The van der Waals surface area contributed by atoms with Gasteiger partial charge in [0.05, 0.1) is 12.7 Å². The molecule has 0 aliphatic rings. The number of hydrogen-bond acceptors (Lipinski definition) is 5. The predicted molar refractivity (Wildman–Crippen MR) is 46.8 cm³/mol. The lowest BCUT2D eigenvalue weighted by molar-refractivity contribution is -0.116. The van der Waals surface area contributed by atoms with Gasteiger partial charge in [0.2, 0.25) is 5.91 Å². The molecule has 1 amide bonds. The number of nitrogens with zero attached hydrogens (tertiary/aromatic N) is 1. The zero-order valence-electron chi connectivity index (χ0n) is 6.48. The maximum atomic E-state index is 10.4. The van der Waals surface area contributed by atoms with Crippen LogP contribution in [-0.4, -0.2) is 28.5 Å². The first-order chi connectivity index (χ1) is 6.09. The molecule has 0 fully saturated rings. The molecular formula is C6H7N3O3S. The largest absolute Gasteiger partial charge is 0.477 e. The third-order valence-corrected chi connectivity index (χ3v) is 2.07. The lowest BCUT2D eigenvalue weighted by atomic mass is 10.6. The van der Waals surface area contributed by atoms with Crippen LogP contribution in [0.1, 0.15) is 9.67 Å². The topological polar surface area (TPSA) is 105 Å². The van der Waals surface area contributed by atoms with Crippen LogP contribution in [0.4, 0.5) is 5.13 Å². The number of carboxylic acid groups (broad SMARTS) is 1. The zero-order valence-corrected chi connectivity index (χ0v) is 7.30. The summed E-state index contributed by atoms with van der Waals surface area (Å²) < 4.78 is 0. The van der Waals surface area contributed by atoms with Crippen molar-refractivity contribution < 1.29 is 14.7 Å². The van der Waals surface area contributed by atoms with Gasteiger partial charge in [-0.1, -0.05) is 11.3 Å². The predicted octanol–water partition coefficient (Wildman–Crippen LogP) is -0.262. The normalized spacial score (nSPS) is 9.54. The fourth-order valence-corrected chi connectivity index (χ4v) is 1.27. The number of carboxylic acids is 1. The minimum atomic E-state index is -1.04. The highest BCUT2D eigenvalue weighted by Gasteiger charge is 2.07. The minimum absolute atomic E-state index is 0.0490. The average molecular weight is 201 g/mol. The van der Waals surface area contributed by atoms with E-state index in [9.17, 15) is 9.59 Å². The number of nitrogens with one attached hydrogen (secondary N) is 1. The van der Waals surface area contributed by atoms with E-state index >= 15 is 0 Å². The van der Waals surface area contributed by atoms with Gasteiger partial charge in [-0.05, 0) is 0 Å². The van der Waals surface area contributed by atoms with E-state index in [1.165, 1.54) is 6.20 Å². The van der Waals surface area contributed by atoms with Crippen molar-refractivity contribution in [2.45, 2.75) is 0 Å². The van der Waals surface area contributed by atoms with Gasteiger partial charge < -0.3 is 16.2 Å². The molecule has 6 nitrogen and oxygen atoms in total. The smallest absolute Gasteiger partial charge is 0.347 e. The van der Waals surface area contributed by atoms with Gasteiger partial charge in [-0.15, -0.1) is 0 Å². The third kappa shape index (κ3) is 2.71. The summed E-state index contributed by atoms with van der Waals surface area (Å²) in [5.41, 5.74) is 4.87. The highest BCUT2D eigenvalue weighted by Crippen LogP contribution is 2.17. The van der Waals surface area contributed by atoms with E-state index in [4.69, 9.17) is 10.8 Å². The number of thiazole rings is 1. The Hall–Kier alpha value is -1.63. The van der Waals surface area contributed by atoms with E-state index in [2.05, 4.69) is 10.3 Å². The summed E-state index contributed by atoms with van der Waals surface area (Å²) >= 11 is 0.953. The van der Waals surface area contributed by atoms with Crippen LogP contribution < -0.4 is 11.1 Å². The number of amides is 1. The Morgan fingerprint density at radius 3 is 2.85 bits per heavy atom. The Bertz CT molecular complexity index is 336. The van der Waals surface area contributed by atoms with Gasteiger partial charge in [0.15, 0.2) is 5.13 Å². The van der Waals surface area contributed by atoms with Gasteiger partial charge in [-0.25, -0.2) is 9.78 Å². The van der Waals surface area contributed by atoms with Crippen molar-refractivity contribution in [3.05, 3.63) is 11.1 Å². The molecule has 0 spiro atoms. The molecule has 0 saturated heterocycles. The lowest BCUT2D eigenvalue weighted by Crippen LogP contribution is -2.21. The maximum absolute atomic E-state index is 10.4. The molecule has 0 aliphatic carbocycles. The van der Waals surface area contributed by atoms with Gasteiger partial charge in [-0.2, -0.15) is 0 Å². The Balaban J connectivity index is 2.59. The number of carbonyl (C=O) groups excluding carboxylic acids is 1. The summed E-state index contributed by atoms with van der Waals surface area (Å²) in [7, 11) is 0. The second-order valence-corrected chi connectivity index (χ2v) is 3.19. The van der Waals surface area contributed by atoms with Crippen LogP contribution in [-0.2, 0) is 4.79 Å². The van der Waals surface area contributed by atoms with E-state index in [1.54, 1.807) is 0 Å². The van der Waals surface area contributed by atoms with E-state index in [0.29, 0.717) is 5.13 Å². The number of anilines is 1. The van der Waals surface area contributed by atoms with Crippen molar-refractivity contribution in [3.8, 4) is 0 Å². The summed E-state index contributed by atoms with van der Waals surface area (Å²) in [6, 6.07) is 0. The van der Waals surface area contributed by atoms with E-state index in [-0.39, 0.29) is 11.4 Å². The molecule has 4 N–H and O–H groups in total. The second-order valence-electron chi connectivity index (χ2n) is 2.15. The molecule has 1 aromatic rings. The molecule has 1 rings (SSSR count). The highest BCUT2D eigenvalue weighted by atomic mass is 32.1. The molecule has 0 unspecified atom stereocenters. The Morgan fingerprint density at radius 1 is 1.69 bits per heavy atom. The SMILES string of the molecule is NC(=O)CNc1ncc(C(=O)O)s1. The average Bonchev–Trinajstić information content (AvgIpc) is 2.48. The van der Waals surface area contributed by atoms with Crippen LogP contribution in [0.15, 0.2) is 6.20 Å². The molecule has 0 saturated carbocycles. The summed E-state index contributed by atoms with van der Waals surface area (Å²) in [5.74, 6) is -1.56. The van der Waals surface area contributed by atoms with Crippen LogP contribution in [0.2, 0.25) is 0 Å². The quantitative estimate of drug-likeness (QED) is 0.622. The number of carbonyl (C=O) groups is 2. The van der Waals surface area contributed by atoms with E-state index < -0.39 is 11.9 Å².